The third kappa shape index (κ3) is 13.6. The van der Waals surface area contributed by atoms with Crippen molar-refractivity contribution in [1.82, 2.24) is 49.3 Å². The van der Waals surface area contributed by atoms with Gasteiger partial charge in [0.05, 0.1) is 35.9 Å². The molecule has 6 aromatic rings. The Labute approximate surface area is 420 Å². The highest BCUT2D eigenvalue weighted by molar-refractivity contribution is 6.76. The summed E-state index contributed by atoms with van der Waals surface area (Å²) < 4.78 is 11.5. The summed E-state index contributed by atoms with van der Waals surface area (Å²) in [6.45, 7) is 23.6. The zero-order chi connectivity index (χ0) is 50.3. The average Bonchev–Trinajstić information content (AvgIpc) is 4.11. The summed E-state index contributed by atoms with van der Waals surface area (Å²) in [5.41, 5.74) is 15.0. The van der Waals surface area contributed by atoms with E-state index in [-0.39, 0.29) is 34.5 Å². The monoisotopic (exact) mass is 985 g/mol. The number of fused-ring (bicyclic) bond motifs is 2. The van der Waals surface area contributed by atoms with Gasteiger partial charge in [-0.25, -0.2) is 9.48 Å². The molecular formula is C54H76N12O4Si. The molecular weight excluding hydrogens is 909 g/mol. The molecule has 4 aromatic heterocycles. The average molecular weight is 985 g/mol. The fourth-order valence-corrected chi connectivity index (χ4v) is 10.5. The van der Waals surface area contributed by atoms with Crippen LogP contribution in [-0.2, 0) is 37.2 Å². The Balaban J connectivity index is 0.000000149. The van der Waals surface area contributed by atoms with Gasteiger partial charge in [0.25, 0.3) is 5.91 Å². The lowest BCUT2D eigenvalue weighted by atomic mass is 9.76. The molecule has 0 saturated carbocycles. The molecule has 10 rings (SSSR count). The second-order valence-electron chi connectivity index (χ2n) is 22.7. The van der Waals surface area contributed by atoms with E-state index in [1.165, 1.54) is 37.1 Å². The first kappa shape index (κ1) is 51.5. The number of nitrogen functional groups attached to an aromatic ring is 1. The van der Waals surface area contributed by atoms with Gasteiger partial charge in [0, 0.05) is 62.7 Å². The number of H-pyrrole nitrogens is 1. The van der Waals surface area contributed by atoms with Crippen LogP contribution in [0.15, 0.2) is 85.5 Å². The Morgan fingerprint density at radius 1 is 0.789 bits per heavy atom. The van der Waals surface area contributed by atoms with Gasteiger partial charge in [-0.05, 0) is 106 Å². The normalized spacial score (nSPS) is 18.0. The minimum absolute atomic E-state index is 0.118. The van der Waals surface area contributed by atoms with Gasteiger partial charge in [-0.15, -0.1) is 0 Å². The molecule has 4 aliphatic rings. The number of nitrogens with two attached hydrogens (primary N) is 1. The Morgan fingerprint density at radius 3 is 1.89 bits per heavy atom. The van der Waals surface area contributed by atoms with E-state index in [0.29, 0.717) is 18.1 Å². The summed E-state index contributed by atoms with van der Waals surface area (Å²) >= 11 is 0. The lowest BCUT2D eigenvalue weighted by molar-refractivity contribution is 0.0667. The summed E-state index contributed by atoms with van der Waals surface area (Å²) in [5.74, 6) is -1.10. The second kappa shape index (κ2) is 22.3. The summed E-state index contributed by atoms with van der Waals surface area (Å²) in [4.78, 5) is 29.2. The van der Waals surface area contributed by atoms with Crippen molar-refractivity contribution in [2.24, 2.45) is 10.8 Å². The molecule has 16 nitrogen and oxygen atoms in total. The lowest BCUT2D eigenvalue weighted by Gasteiger charge is -2.34. The van der Waals surface area contributed by atoms with Crippen molar-refractivity contribution in [3.8, 4) is 0 Å². The predicted octanol–water partition coefficient (Wildman–Crippen LogP) is 8.84. The van der Waals surface area contributed by atoms with Crippen molar-refractivity contribution >= 4 is 31.3 Å². The fraction of sp³-hybridized carbons (Fsp3) is 0.519. The summed E-state index contributed by atoms with van der Waals surface area (Å²) in [6, 6.07) is 22.4. The molecule has 17 heteroatoms. The van der Waals surface area contributed by atoms with Gasteiger partial charge in [0.15, 0.2) is 11.4 Å². The van der Waals surface area contributed by atoms with Crippen LogP contribution in [0.25, 0.3) is 0 Å². The number of aromatic amines is 1. The Bertz CT molecular complexity index is 2690. The number of hydrogen-bond donors (Lipinski definition) is 4. The first-order valence-corrected chi connectivity index (χ1v) is 29.3. The van der Waals surface area contributed by atoms with Crippen molar-refractivity contribution in [1.29, 1.82) is 0 Å². The van der Waals surface area contributed by atoms with Crippen molar-refractivity contribution < 1.29 is 19.4 Å². The van der Waals surface area contributed by atoms with Crippen molar-refractivity contribution in [3.63, 3.8) is 0 Å². The summed E-state index contributed by atoms with van der Waals surface area (Å²) in [6.07, 6.45) is 15.4. The SMILES string of the molecule is CC1(C)CCc2c(C(=O)Nc3cnn(C(CN4CCC4)c4ccccc4)c3)n[nH]c2C1.CC1(C)CCc2c(C(=O)O)nn(COCC[Si](C)(C)C)c2C1.Nc1cnn(C(CN2CCC2)c2ccccc2)c1. The largest absolute Gasteiger partial charge is 0.476 e. The quantitative estimate of drug-likeness (QED) is 0.0536. The van der Waals surface area contributed by atoms with Gasteiger partial charge in [0.1, 0.15) is 6.73 Å². The number of aromatic carboxylic acids is 1. The van der Waals surface area contributed by atoms with Crippen molar-refractivity contribution in [2.45, 2.75) is 124 Å². The molecule has 6 heterocycles. The molecule has 2 aliphatic carbocycles. The van der Waals surface area contributed by atoms with E-state index in [4.69, 9.17) is 10.5 Å². The molecule has 380 valence electrons. The maximum Gasteiger partial charge on any atom is 0.356 e. The van der Waals surface area contributed by atoms with Crippen molar-refractivity contribution in [3.05, 3.63) is 130 Å². The molecule has 1 amide bonds. The van der Waals surface area contributed by atoms with Crippen LogP contribution in [0.1, 0.15) is 120 Å². The van der Waals surface area contributed by atoms with Crippen LogP contribution in [0.3, 0.4) is 0 Å². The maximum atomic E-state index is 13.0. The van der Waals surface area contributed by atoms with Gasteiger partial charge in [-0.3, -0.25) is 19.3 Å². The minimum Gasteiger partial charge on any atom is -0.476 e. The van der Waals surface area contributed by atoms with Crippen LogP contribution in [0.5, 0.6) is 0 Å². The molecule has 2 aromatic carbocycles. The van der Waals surface area contributed by atoms with E-state index in [1.807, 2.05) is 33.9 Å². The van der Waals surface area contributed by atoms with Gasteiger partial charge >= 0.3 is 5.97 Å². The standard InChI is InChI=1S/C24H30N6O.C16H28N2O3Si.C14H18N4/c1-24(2)10-9-19-20(13-24)27-28-22(19)23(31)26-18-14-25-30(15-18)21(16-29-11-6-12-29)17-7-4-3-5-8-17;1-16(2)7-6-12-13(10-16)18(17-14(12)15(19)20)11-21-8-9-22(3,4)5;15-13-9-16-18(10-13)14(11-17-7-4-8-17)12-5-2-1-3-6-12/h3-5,7-8,14-15,21H,6,9-13,16H2,1-2H3,(H,26,31)(H,27,28);6-11H2,1-5H3,(H,19,20);1-3,5-6,9-10,14H,4,7-8,11,15H2. The number of carbonyl (C=O) groups is 2. The van der Waals surface area contributed by atoms with Crippen LogP contribution in [0.4, 0.5) is 11.4 Å². The Morgan fingerprint density at radius 2 is 1.35 bits per heavy atom. The number of amides is 1. The molecule has 0 radical (unpaired) electrons. The number of rotatable bonds is 16. The number of carboxylic acids is 1. The molecule has 0 spiro atoms. The van der Waals surface area contributed by atoms with Crippen LogP contribution >= 0.6 is 0 Å². The number of aromatic nitrogens is 8. The molecule has 71 heavy (non-hydrogen) atoms. The summed E-state index contributed by atoms with van der Waals surface area (Å²) in [5, 5.41) is 33.0. The molecule has 2 fully saturated rings. The molecule has 2 atom stereocenters. The lowest BCUT2D eigenvalue weighted by Crippen LogP contribution is -2.41. The van der Waals surface area contributed by atoms with E-state index in [2.05, 4.69) is 136 Å². The van der Waals surface area contributed by atoms with Gasteiger partial charge < -0.3 is 30.7 Å². The number of likely N-dealkylation sites (tertiary alicyclic amines) is 2. The van der Waals surface area contributed by atoms with E-state index in [1.54, 1.807) is 17.1 Å². The second-order valence-corrected chi connectivity index (χ2v) is 28.3. The van der Waals surface area contributed by atoms with Crippen molar-refractivity contribution in [2.75, 3.05) is 56.9 Å². The number of hydrogen-bond acceptors (Lipinski definition) is 10. The molecule has 2 saturated heterocycles. The first-order chi connectivity index (χ1) is 33.9. The van der Waals surface area contributed by atoms with Crippen LogP contribution in [0, 0.1) is 10.8 Å². The number of anilines is 2. The highest BCUT2D eigenvalue weighted by Gasteiger charge is 2.34. The zero-order valence-electron chi connectivity index (χ0n) is 43.0. The number of nitrogens with zero attached hydrogens (tertiary/aromatic N) is 9. The minimum atomic E-state index is -1.11. The number of benzene rings is 2. The van der Waals surface area contributed by atoms with Crippen LogP contribution < -0.4 is 11.1 Å². The highest BCUT2D eigenvalue weighted by Crippen LogP contribution is 2.37. The third-order valence-corrected chi connectivity index (χ3v) is 16.1. The zero-order valence-corrected chi connectivity index (χ0v) is 44.0. The smallest absolute Gasteiger partial charge is 0.356 e. The number of ether oxygens (including phenoxy) is 1. The fourth-order valence-electron chi connectivity index (χ4n) is 9.78. The Hall–Kier alpha value is -5.88. The molecule has 5 N–H and O–H groups in total. The number of nitrogens with one attached hydrogen (secondary N) is 2. The topological polar surface area (TPSA) is 190 Å². The molecule has 2 unspecified atom stereocenters. The predicted molar refractivity (Wildman–Crippen MR) is 282 cm³/mol. The van der Waals surface area contributed by atoms with E-state index in [0.717, 1.165) is 106 Å². The number of carboxylic acid groups (broad SMARTS) is 1. The van der Waals surface area contributed by atoms with Crippen LogP contribution in [0.2, 0.25) is 25.7 Å². The molecule has 2 aliphatic heterocycles. The first-order valence-electron chi connectivity index (χ1n) is 25.6. The summed E-state index contributed by atoms with van der Waals surface area (Å²) in [7, 11) is -1.11. The highest BCUT2D eigenvalue weighted by atomic mass is 28.3. The van der Waals surface area contributed by atoms with Crippen LogP contribution in [-0.4, -0.2) is 120 Å². The van der Waals surface area contributed by atoms with E-state index < -0.39 is 14.0 Å². The van der Waals surface area contributed by atoms with E-state index in [9.17, 15) is 14.7 Å². The Kier molecular flexibility index (Phi) is 16.1. The van der Waals surface area contributed by atoms with Gasteiger partial charge in [-0.2, -0.15) is 20.4 Å². The number of carbonyl (C=O) groups excluding carboxylic acids is 1. The third-order valence-electron chi connectivity index (χ3n) is 14.4. The maximum absolute atomic E-state index is 13.0. The molecule has 0 bridgehead atoms. The van der Waals surface area contributed by atoms with E-state index >= 15 is 0 Å². The van der Waals surface area contributed by atoms with Gasteiger partial charge in [0.2, 0.25) is 0 Å². The van der Waals surface area contributed by atoms with Gasteiger partial charge in [-0.1, -0.05) is 108 Å².